The Bertz CT molecular complexity index is 755. The van der Waals surface area contributed by atoms with Crippen molar-refractivity contribution in [2.24, 2.45) is 14.1 Å². The Morgan fingerprint density at radius 1 is 1.04 bits per heavy atom. The highest BCUT2D eigenvalue weighted by Crippen LogP contribution is 2.30. The quantitative estimate of drug-likeness (QED) is 0.223. The molecule has 0 aliphatic rings. The molecule has 132 valence electrons. The molecule has 2 heterocycles. The predicted molar refractivity (Wildman–Crippen MR) is 108 cm³/mol. The van der Waals surface area contributed by atoms with Gasteiger partial charge in [0.2, 0.25) is 11.6 Å². The summed E-state index contributed by atoms with van der Waals surface area (Å²) in [5, 5.41) is 0. The summed E-state index contributed by atoms with van der Waals surface area (Å²) < 4.78 is 7.18. The van der Waals surface area contributed by atoms with Crippen LogP contribution in [0.15, 0.2) is 12.4 Å². The molecular formula is C12H11Cl3I2N4O3. The van der Waals surface area contributed by atoms with Gasteiger partial charge in [-0.15, -0.1) is 0 Å². The molecule has 7 nitrogen and oxygen atoms in total. The number of hydrogen-bond acceptors (Lipinski definition) is 5. The minimum absolute atomic E-state index is 0.143. The summed E-state index contributed by atoms with van der Waals surface area (Å²) >= 11 is 20.3. The monoisotopic (exact) mass is 618 g/mol. The number of nitrogens with zero attached hydrogens (tertiary/aromatic N) is 4. The number of hydrogen-bond donors (Lipinski definition) is 0. The van der Waals surface area contributed by atoms with Crippen LogP contribution in [0.2, 0.25) is 0 Å². The summed E-state index contributed by atoms with van der Waals surface area (Å²) in [6.07, 6.45) is 3.43. The van der Waals surface area contributed by atoms with Gasteiger partial charge in [-0.2, -0.15) is 0 Å². The number of halogens is 5. The molecule has 0 fully saturated rings. The molecule has 0 saturated heterocycles. The number of rotatable bonds is 2. The Morgan fingerprint density at radius 3 is 1.75 bits per heavy atom. The number of methoxy groups -OCH3 is 1. The SMILES string of the molecule is COC(=O)c1nc(I)cn1C.Cn1cc(I)nc1C(=O)C(Cl)(Cl)Cl. The van der Waals surface area contributed by atoms with E-state index in [1.54, 1.807) is 31.1 Å². The van der Waals surface area contributed by atoms with Crippen LogP contribution >= 0.6 is 80.0 Å². The summed E-state index contributed by atoms with van der Waals surface area (Å²) in [7, 11) is 4.75. The van der Waals surface area contributed by atoms with Crippen LogP contribution in [0.5, 0.6) is 0 Å². The van der Waals surface area contributed by atoms with E-state index in [1.807, 2.05) is 45.2 Å². The molecule has 2 rings (SSSR count). The van der Waals surface area contributed by atoms with E-state index < -0.39 is 15.5 Å². The smallest absolute Gasteiger partial charge is 0.374 e. The van der Waals surface area contributed by atoms with E-state index in [0.29, 0.717) is 9.53 Å². The predicted octanol–water partition coefficient (Wildman–Crippen LogP) is 3.39. The number of aromatic nitrogens is 4. The third-order valence-corrected chi connectivity index (χ3v) is 4.08. The molecule has 0 unspecified atom stereocenters. The van der Waals surface area contributed by atoms with Crippen LogP contribution in [0.1, 0.15) is 21.2 Å². The number of carbonyl (C=O) groups excluding carboxylic acids is 2. The Hall–Kier alpha value is -0.110. The van der Waals surface area contributed by atoms with E-state index in [4.69, 9.17) is 34.8 Å². The van der Waals surface area contributed by atoms with Gasteiger partial charge in [-0.3, -0.25) is 4.79 Å². The van der Waals surface area contributed by atoms with Crippen LogP contribution < -0.4 is 0 Å². The van der Waals surface area contributed by atoms with Crippen LogP contribution in [0.3, 0.4) is 0 Å². The number of ether oxygens (including phenoxy) is 1. The molecule has 0 spiro atoms. The maximum absolute atomic E-state index is 11.4. The zero-order valence-electron chi connectivity index (χ0n) is 12.6. The van der Waals surface area contributed by atoms with Gasteiger partial charge in [-0.1, -0.05) is 34.8 Å². The summed E-state index contributed by atoms with van der Waals surface area (Å²) in [5.41, 5.74) is 0. The number of Topliss-reactive ketones (excluding diaryl/α,β-unsaturated/α-hetero) is 1. The molecule has 0 saturated carbocycles. The molecule has 0 aromatic carbocycles. The molecule has 2 aromatic heterocycles. The van der Waals surface area contributed by atoms with Crippen molar-refractivity contribution in [3.63, 3.8) is 0 Å². The third-order valence-electron chi connectivity index (χ3n) is 2.52. The molecule has 0 atom stereocenters. The van der Waals surface area contributed by atoms with Gasteiger partial charge >= 0.3 is 5.97 Å². The maximum Gasteiger partial charge on any atom is 0.374 e. The highest BCUT2D eigenvalue weighted by atomic mass is 127. The average molecular weight is 619 g/mol. The van der Waals surface area contributed by atoms with Gasteiger partial charge in [0, 0.05) is 26.5 Å². The lowest BCUT2D eigenvalue weighted by Crippen LogP contribution is -2.22. The first kappa shape index (κ1) is 21.9. The van der Waals surface area contributed by atoms with Gasteiger partial charge in [-0.05, 0) is 45.2 Å². The first-order valence-corrected chi connectivity index (χ1v) is 9.34. The Kier molecular flexibility index (Phi) is 8.23. The fourth-order valence-electron chi connectivity index (χ4n) is 1.48. The van der Waals surface area contributed by atoms with E-state index in [-0.39, 0.29) is 5.82 Å². The van der Waals surface area contributed by atoms with Crippen LogP contribution in [-0.2, 0) is 18.8 Å². The lowest BCUT2D eigenvalue weighted by atomic mass is 10.4. The maximum atomic E-state index is 11.4. The second-order valence-corrected chi connectivity index (χ2v) is 8.81. The molecule has 0 bridgehead atoms. The second kappa shape index (κ2) is 9.01. The summed E-state index contributed by atoms with van der Waals surface area (Å²) in [5.74, 6) is -0.556. The van der Waals surface area contributed by atoms with Gasteiger partial charge in [0.1, 0.15) is 7.40 Å². The van der Waals surface area contributed by atoms with Gasteiger partial charge in [0.05, 0.1) is 7.11 Å². The number of aryl methyl sites for hydroxylation is 2. The Balaban J connectivity index is 0.000000243. The minimum Gasteiger partial charge on any atom is -0.463 e. The standard InChI is InChI=1S/C6H4Cl3IN2O.C6H7IN2O2/c1-12-2-3(10)11-5(12)4(13)6(7,8)9;1-9-3-4(7)8-5(9)6(10)11-2/h2H,1H3;3H,1-2H3. The molecule has 0 aliphatic heterocycles. The van der Waals surface area contributed by atoms with E-state index in [0.717, 1.165) is 3.70 Å². The molecule has 0 N–H and O–H groups in total. The third kappa shape index (κ3) is 6.00. The molecule has 0 aliphatic carbocycles. The van der Waals surface area contributed by atoms with Crippen molar-refractivity contribution < 1.29 is 14.3 Å². The van der Waals surface area contributed by atoms with Crippen LogP contribution in [-0.4, -0.2) is 41.8 Å². The number of esters is 1. The highest BCUT2D eigenvalue weighted by molar-refractivity contribution is 14.1. The second-order valence-electron chi connectivity index (χ2n) is 4.31. The molecule has 12 heteroatoms. The topological polar surface area (TPSA) is 79.0 Å². The van der Waals surface area contributed by atoms with Crippen molar-refractivity contribution in [3.05, 3.63) is 31.4 Å². The largest absolute Gasteiger partial charge is 0.463 e. The lowest BCUT2D eigenvalue weighted by molar-refractivity contribution is 0.0582. The summed E-state index contributed by atoms with van der Waals surface area (Å²) in [6, 6.07) is 0. The zero-order chi connectivity index (χ0) is 18.7. The van der Waals surface area contributed by atoms with E-state index in [9.17, 15) is 9.59 Å². The van der Waals surface area contributed by atoms with Gasteiger partial charge in [0.15, 0.2) is 5.82 Å². The average Bonchev–Trinajstić information content (AvgIpc) is 2.98. The molecular weight excluding hydrogens is 608 g/mol. The number of imidazole rings is 2. The normalized spacial score (nSPS) is 10.8. The van der Waals surface area contributed by atoms with Crippen LogP contribution in [0.4, 0.5) is 0 Å². The van der Waals surface area contributed by atoms with Gasteiger partial charge in [-0.25, -0.2) is 14.8 Å². The Morgan fingerprint density at radius 2 is 1.46 bits per heavy atom. The van der Waals surface area contributed by atoms with Crippen LogP contribution in [0.25, 0.3) is 0 Å². The highest BCUT2D eigenvalue weighted by Gasteiger charge is 2.34. The Labute approximate surface area is 180 Å². The molecule has 0 amide bonds. The van der Waals surface area contributed by atoms with Gasteiger partial charge < -0.3 is 13.9 Å². The van der Waals surface area contributed by atoms with E-state index in [1.165, 1.54) is 11.7 Å². The van der Waals surface area contributed by atoms with Crippen molar-refractivity contribution in [3.8, 4) is 0 Å². The van der Waals surface area contributed by atoms with Crippen molar-refractivity contribution in [1.82, 2.24) is 19.1 Å². The van der Waals surface area contributed by atoms with Crippen molar-refractivity contribution >= 4 is 91.7 Å². The fraction of sp³-hybridized carbons (Fsp3) is 0.333. The van der Waals surface area contributed by atoms with Crippen molar-refractivity contribution in [1.29, 1.82) is 0 Å². The molecule has 2 aromatic rings. The van der Waals surface area contributed by atoms with Crippen molar-refractivity contribution in [2.45, 2.75) is 3.79 Å². The fourth-order valence-corrected chi connectivity index (χ4v) is 3.02. The number of ketones is 1. The molecule has 0 radical (unpaired) electrons. The van der Waals surface area contributed by atoms with Crippen molar-refractivity contribution in [2.75, 3.05) is 7.11 Å². The first-order chi connectivity index (χ1) is 11.0. The zero-order valence-corrected chi connectivity index (χ0v) is 19.1. The lowest BCUT2D eigenvalue weighted by Gasteiger charge is -2.07. The minimum atomic E-state index is -1.94. The summed E-state index contributed by atoms with van der Waals surface area (Å²) in [4.78, 5) is 30.2. The first-order valence-electron chi connectivity index (χ1n) is 6.05. The number of alkyl halides is 3. The molecule has 24 heavy (non-hydrogen) atoms. The summed E-state index contributed by atoms with van der Waals surface area (Å²) in [6.45, 7) is 0. The number of carbonyl (C=O) groups is 2. The van der Waals surface area contributed by atoms with E-state index >= 15 is 0 Å². The van der Waals surface area contributed by atoms with E-state index in [2.05, 4.69) is 14.7 Å². The van der Waals surface area contributed by atoms with Crippen LogP contribution in [0, 0.1) is 7.40 Å². The van der Waals surface area contributed by atoms with Gasteiger partial charge in [0.25, 0.3) is 3.79 Å².